The lowest BCUT2D eigenvalue weighted by molar-refractivity contribution is -0.127. The molecule has 2 aromatic carbocycles. The van der Waals surface area contributed by atoms with Crippen molar-refractivity contribution in [2.45, 2.75) is 13.8 Å². The Balaban J connectivity index is 1.36. The highest BCUT2D eigenvalue weighted by atomic mass is 16.5. The third-order valence-electron chi connectivity index (χ3n) is 6.63. The maximum Gasteiger partial charge on any atom is 0.289 e. The number of fused-ring (bicyclic) bond motifs is 1. The molecule has 184 valence electrons. The summed E-state index contributed by atoms with van der Waals surface area (Å²) in [7, 11) is 1.61. The maximum absolute atomic E-state index is 13.1. The van der Waals surface area contributed by atoms with Crippen molar-refractivity contribution in [1.29, 1.82) is 0 Å². The van der Waals surface area contributed by atoms with Gasteiger partial charge in [-0.05, 0) is 43.2 Å². The fraction of sp³-hybridized carbons (Fsp3) is 0.241. The summed E-state index contributed by atoms with van der Waals surface area (Å²) in [5.74, 6) is 0.715. The van der Waals surface area contributed by atoms with Gasteiger partial charge in [0.15, 0.2) is 5.76 Å². The van der Waals surface area contributed by atoms with Crippen molar-refractivity contribution in [3.63, 3.8) is 0 Å². The Hall–Kier alpha value is -4.26. The monoisotopic (exact) mass is 484 g/mol. The minimum absolute atomic E-state index is 0.0919. The number of rotatable bonds is 5. The number of hydrogen-bond donors (Lipinski definition) is 0. The minimum Gasteiger partial charge on any atom is -0.496 e. The van der Waals surface area contributed by atoms with Crippen LogP contribution in [-0.4, -0.2) is 54.9 Å². The van der Waals surface area contributed by atoms with E-state index in [1.54, 1.807) is 41.4 Å². The largest absolute Gasteiger partial charge is 0.496 e. The van der Waals surface area contributed by atoms with Crippen LogP contribution in [0.3, 0.4) is 0 Å². The van der Waals surface area contributed by atoms with Crippen molar-refractivity contribution >= 4 is 28.4 Å². The summed E-state index contributed by atoms with van der Waals surface area (Å²) in [4.78, 5) is 29.1. The van der Waals surface area contributed by atoms with E-state index in [1.165, 1.54) is 11.8 Å². The number of carbonyl (C=O) groups is 2. The molecule has 1 aliphatic heterocycles. The molecule has 2 amide bonds. The number of aryl methyl sites for hydroxylation is 1. The van der Waals surface area contributed by atoms with Gasteiger partial charge in [0.25, 0.3) is 5.91 Å². The lowest BCUT2D eigenvalue weighted by Crippen LogP contribution is -2.50. The van der Waals surface area contributed by atoms with E-state index in [9.17, 15) is 9.59 Å². The van der Waals surface area contributed by atoms with E-state index in [-0.39, 0.29) is 11.8 Å². The number of ether oxygens (including phenoxy) is 1. The average Bonchev–Trinajstić information content (AvgIpc) is 3.58. The fourth-order valence-electron chi connectivity index (χ4n) is 4.53. The van der Waals surface area contributed by atoms with Gasteiger partial charge in [-0.25, -0.2) is 0 Å². The zero-order valence-electron chi connectivity index (χ0n) is 20.6. The summed E-state index contributed by atoms with van der Waals surface area (Å²) >= 11 is 0. The van der Waals surface area contributed by atoms with Crippen LogP contribution in [0.15, 0.2) is 76.0 Å². The molecular weight excluding hydrogens is 456 g/mol. The third-order valence-corrected chi connectivity index (χ3v) is 6.63. The lowest BCUT2D eigenvalue weighted by atomic mass is 9.98. The molecule has 0 spiro atoms. The molecule has 0 aliphatic carbocycles. The predicted molar refractivity (Wildman–Crippen MR) is 138 cm³/mol. The molecule has 0 atom stereocenters. The van der Waals surface area contributed by atoms with Gasteiger partial charge < -0.3 is 23.4 Å². The number of amides is 2. The van der Waals surface area contributed by atoms with E-state index in [2.05, 4.69) is 31.2 Å². The Kier molecular flexibility index (Phi) is 6.38. The van der Waals surface area contributed by atoms with Crippen LogP contribution < -0.4 is 4.74 Å². The van der Waals surface area contributed by atoms with E-state index in [4.69, 9.17) is 13.6 Å². The molecule has 1 aliphatic rings. The molecule has 36 heavy (non-hydrogen) atoms. The molecule has 3 heterocycles. The Morgan fingerprint density at radius 1 is 0.972 bits per heavy atom. The molecule has 1 saturated heterocycles. The van der Waals surface area contributed by atoms with Crippen molar-refractivity contribution in [2.24, 2.45) is 0 Å². The lowest BCUT2D eigenvalue weighted by Gasteiger charge is -2.33. The Morgan fingerprint density at radius 2 is 1.69 bits per heavy atom. The Bertz CT molecular complexity index is 1420. The molecule has 0 saturated carbocycles. The summed E-state index contributed by atoms with van der Waals surface area (Å²) in [5, 5.41) is 0.958. The van der Waals surface area contributed by atoms with Crippen molar-refractivity contribution in [1.82, 2.24) is 9.80 Å². The van der Waals surface area contributed by atoms with Crippen LogP contribution in [0.2, 0.25) is 0 Å². The Labute approximate surface area is 209 Å². The maximum atomic E-state index is 13.1. The molecule has 5 rings (SSSR count). The van der Waals surface area contributed by atoms with E-state index in [0.717, 1.165) is 33.2 Å². The van der Waals surface area contributed by atoms with Crippen LogP contribution in [0, 0.1) is 6.92 Å². The number of allylic oxidation sites excluding steroid dienone is 1. The number of piperazine rings is 1. The van der Waals surface area contributed by atoms with E-state index >= 15 is 0 Å². The van der Waals surface area contributed by atoms with Crippen molar-refractivity contribution < 1.29 is 23.2 Å². The van der Waals surface area contributed by atoms with Gasteiger partial charge in [-0.15, -0.1) is 0 Å². The van der Waals surface area contributed by atoms with Crippen molar-refractivity contribution in [2.75, 3.05) is 33.3 Å². The first-order valence-corrected chi connectivity index (χ1v) is 11.9. The van der Waals surface area contributed by atoms with Gasteiger partial charge in [-0.3, -0.25) is 9.59 Å². The van der Waals surface area contributed by atoms with Gasteiger partial charge in [0, 0.05) is 54.8 Å². The van der Waals surface area contributed by atoms with Crippen LogP contribution in [0.25, 0.3) is 27.7 Å². The highest BCUT2D eigenvalue weighted by Gasteiger charge is 2.25. The SMILES string of the molecule is COc1cc2occ(-c3ccc(C)cc3)c2cc1/C(C)=C/C(=O)N1CCN(C(=O)c2ccco2)CC1. The first-order chi connectivity index (χ1) is 17.4. The molecule has 1 fully saturated rings. The second-order valence-corrected chi connectivity index (χ2v) is 8.99. The van der Waals surface area contributed by atoms with E-state index in [0.29, 0.717) is 37.7 Å². The van der Waals surface area contributed by atoms with Gasteiger partial charge in [0.1, 0.15) is 11.3 Å². The van der Waals surface area contributed by atoms with Gasteiger partial charge in [-0.2, -0.15) is 0 Å². The molecule has 7 heteroatoms. The second-order valence-electron chi connectivity index (χ2n) is 8.99. The van der Waals surface area contributed by atoms with Crippen molar-refractivity contribution in [3.8, 4) is 16.9 Å². The quantitative estimate of drug-likeness (QED) is 0.355. The van der Waals surface area contributed by atoms with Crippen LogP contribution in [0.5, 0.6) is 5.75 Å². The molecule has 0 unspecified atom stereocenters. The number of furan rings is 2. The summed E-state index contributed by atoms with van der Waals surface area (Å²) in [5.41, 5.74) is 5.60. The number of carbonyl (C=O) groups excluding carboxylic acids is 2. The number of benzene rings is 2. The predicted octanol–water partition coefficient (Wildman–Crippen LogP) is 5.40. The van der Waals surface area contributed by atoms with E-state index < -0.39 is 0 Å². The molecule has 4 aromatic rings. The smallest absolute Gasteiger partial charge is 0.289 e. The normalized spacial score (nSPS) is 14.4. The summed E-state index contributed by atoms with van der Waals surface area (Å²) in [6.07, 6.45) is 4.88. The average molecular weight is 485 g/mol. The van der Waals surface area contributed by atoms with Gasteiger partial charge >= 0.3 is 0 Å². The topological polar surface area (TPSA) is 76.1 Å². The number of methoxy groups -OCH3 is 1. The van der Waals surface area contributed by atoms with Crippen LogP contribution in [0.1, 0.15) is 28.6 Å². The van der Waals surface area contributed by atoms with Gasteiger partial charge in [-0.1, -0.05) is 29.8 Å². The molecule has 0 bridgehead atoms. The van der Waals surface area contributed by atoms with Gasteiger partial charge in [0.05, 0.1) is 19.6 Å². The Morgan fingerprint density at radius 3 is 2.36 bits per heavy atom. The molecule has 0 N–H and O–H groups in total. The van der Waals surface area contributed by atoms with Crippen LogP contribution in [-0.2, 0) is 4.79 Å². The zero-order valence-corrected chi connectivity index (χ0v) is 20.6. The molecule has 2 aromatic heterocycles. The zero-order chi connectivity index (χ0) is 25.2. The summed E-state index contributed by atoms with van der Waals surface area (Å²) < 4.78 is 16.7. The summed E-state index contributed by atoms with van der Waals surface area (Å²) in [6, 6.07) is 15.5. The molecule has 7 nitrogen and oxygen atoms in total. The first-order valence-electron chi connectivity index (χ1n) is 11.9. The first kappa shape index (κ1) is 23.5. The molecular formula is C29H28N2O5. The highest BCUT2D eigenvalue weighted by molar-refractivity contribution is 6.00. The number of hydrogen-bond acceptors (Lipinski definition) is 5. The third kappa shape index (κ3) is 4.52. The standard InChI is InChI=1S/C29H28N2O5/c1-19-6-8-21(9-7-19)24-18-36-27-17-26(34-3)22(16-23(24)27)20(2)15-28(32)30-10-12-31(13-11-30)29(33)25-5-4-14-35-25/h4-9,14-18H,10-13H2,1-3H3/b20-15+. The second kappa shape index (κ2) is 9.77. The van der Waals surface area contributed by atoms with Crippen molar-refractivity contribution in [3.05, 3.63) is 84.0 Å². The van der Waals surface area contributed by atoms with Crippen LogP contribution >= 0.6 is 0 Å². The number of nitrogens with zero attached hydrogens (tertiary/aromatic N) is 2. The fourth-order valence-corrected chi connectivity index (χ4v) is 4.53. The van der Waals surface area contributed by atoms with E-state index in [1.807, 2.05) is 19.1 Å². The minimum atomic E-state index is -0.152. The molecule has 0 radical (unpaired) electrons. The summed E-state index contributed by atoms with van der Waals surface area (Å²) in [6.45, 7) is 5.81. The van der Waals surface area contributed by atoms with Crippen LogP contribution in [0.4, 0.5) is 0 Å². The highest BCUT2D eigenvalue weighted by Crippen LogP contribution is 2.37. The van der Waals surface area contributed by atoms with Gasteiger partial charge in [0.2, 0.25) is 5.91 Å².